The normalized spacial score (nSPS) is 25.4. The highest BCUT2D eigenvalue weighted by Gasteiger charge is 2.30. The van der Waals surface area contributed by atoms with Crippen molar-refractivity contribution in [2.75, 3.05) is 26.3 Å². The molecule has 0 unspecified atom stereocenters. The van der Waals surface area contributed by atoms with Crippen LogP contribution in [-0.2, 0) is 16.1 Å². The van der Waals surface area contributed by atoms with Crippen LogP contribution in [0.2, 0.25) is 0 Å². The Balaban J connectivity index is 1.68. The Morgan fingerprint density at radius 3 is 2.67 bits per heavy atom. The molecule has 2 heterocycles. The third-order valence-corrected chi connectivity index (χ3v) is 5.32. The van der Waals surface area contributed by atoms with Crippen LogP contribution in [0, 0.1) is 11.8 Å². The van der Waals surface area contributed by atoms with Crippen molar-refractivity contribution in [3.05, 3.63) is 35.9 Å². The molecule has 0 aromatic heterocycles. The molecule has 2 fully saturated rings. The first-order chi connectivity index (χ1) is 11.7. The predicted molar refractivity (Wildman–Crippen MR) is 95.6 cm³/mol. The summed E-state index contributed by atoms with van der Waals surface area (Å²) in [5, 5.41) is 3.45. The van der Waals surface area contributed by atoms with Gasteiger partial charge in [-0.1, -0.05) is 30.3 Å². The van der Waals surface area contributed by atoms with Crippen molar-refractivity contribution >= 4 is 5.91 Å². The molecular weight excluding hydrogens is 300 g/mol. The fraction of sp³-hybridized carbons (Fsp3) is 0.650. The van der Waals surface area contributed by atoms with Crippen LogP contribution < -0.4 is 5.32 Å². The number of benzene rings is 1. The lowest BCUT2D eigenvalue weighted by Crippen LogP contribution is -2.45. The number of hydrogen-bond donors (Lipinski definition) is 1. The molecular formula is C20H30N2O2. The maximum absolute atomic E-state index is 13.2. The summed E-state index contributed by atoms with van der Waals surface area (Å²) in [6, 6.07) is 10.8. The number of hydrogen-bond acceptors (Lipinski definition) is 3. The van der Waals surface area contributed by atoms with E-state index in [1.165, 1.54) is 5.56 Å². The average Bonchev–Trinajstić information content (AvgIpc) is 2.62. The quantitative estimate of drug-likeness (QED) is 0.903. The number of carbonyl (C=O) groups is 1. The van der Waals surface area contributed by atoms with Crippen molar-refractivity contribution < 1.29 is 9.53 Å². The van der Waals surface area contributed by atoms with Crippen molar-refractivity contribution in [3.63, 3.8) is 0 Å². The van der Waals surface area contributed by atoms with Crippen LogP contribution in [0.5, 0.6) is 0 Å². The van der Waals surface area contributed by atoms with Gasteiger partial charge >= 0.3 is 0 Å². The molecule has 24 heavy (non-hydrogen) atoms. The van der Waals surface area contributed by atoms with Crippen molar-refractivity contribution in [2.45, 2.75) is 45.2 Å². The van der Waals surface area contributed by atoms with Gasteiger partial charge in [0.1, 0.15) is 0 Å². The maximum Gasteiger partial charge on any atom is 0.226 e. The smallest absolute Gasteiger partial charge is 0.226 e. The minimum absolute atomic E-state index is 0.171. The molecule has 0 aliphatic carbocycles. The van der Waals surface area contributed by atoms with E-state index >= 15 is 0 Å². The SMILES string of the molecule is C[C@H]1C[C@@H](C(=O)N(Cc2ccccc2)CC2CCOCC2)CCN1. The minimum Gasteiger partial charge on any atom is -0.381 e. The molecule has 2 saturated heterocycles. The highest BCUT2D eigenvalue weighted by molar-refractivity contribution is 5.79. The molecule has 1 amide bonds. The Labute approximate surface area is 145 Å². The third kappa shape index (κ3) is 4.81. The zero-order chi connectivity index (χ0) is 16.8. The molecule has 2 aliphatic rings. The second kappa shape index (κ2) is 8.63. The van der Waals surface area contributed by atoms with Gasteiger partial charge in [0.05, 0.1) is 0 Å². The summed E-state index contributed by atoms with van der Waals surface area (Å²) >= 11 is 0. The van der Waals surface area contributed by atoms with E-state index in [0.29, 0.717) is 17.9 Å². The first kappa shape index (κ1) is 17.4. The molecule has 3 rings (SSSR count). The number of nitrogens with one attached hydrogen (secondary N) is 1. The summed E-state index contributed by atoms with van der Waals surface area (Å²) in [6.07, 6.45) is 4.06. The van der Waals surface area contributed by atoms with Crippen LogP contribution in [0.3, 0.4) is 0 Å². The highest BCUT2D eigenvalue weighted by Crippen LogP contribution is 2.23. The Hall–Kier alpha value is -1.39. The van der Waals surface area contributed by atoms with Gasteiger partial charge in [0.2, 0.25) is 5.91 Å². The van der Waals surface area contributed by atoms with E-state index in [2.05, 4.69) is 41.4 Å². The number of nitrogens with zero attached hydrogens (tertiary/aromatic N) is 1. The second-order valence-electron chi connectivity index (χ2n) is 7.34. The van der Waals surface area contributed by atoms with Gasteiger partial charge < -0.3 is 15.0 Å². The summed E-state index contributed by atoms with van der Waals surface area (Å²) in [5.41, 5.74) is 1.22. The fourth-order valence-corrected chi connectivity index (χ4v) is 3.89. The Morgan fingerprint density at radius 2 is 1.96 bits per heavy atom. The van der Waals surface area contributed by atoms with Crippen LogP contribution >= 0.6 is 0 Å². The van der Waals surface area contributed by atoms with Gasteiger partial charge in [0.25, 0.3) is 0 Å². The third-order valence-electron chi connectivity index (χ3n) is 5.32. The predicted octanol–water partition coefficient (Wildman–Crippen LogP) is 2.83. The fourth-order valence-electron chi connectivity index (χ4n) is 3.89. The van der Waals surface area contributed by atoms with Crippen molar-refractivity contribution in [1.29, 1.82) is 0 Å². The lowest BCUT2D eigenvalue weighted by atomic mass is 9.91. The Bertz CT molecular complexity index is 514. The summed E-state index contributed by atoms with van der Waals surface area (Å²) in [7, 11) is 0. The van der Waals surface area contributed by atoms with Crippen LogP contribution in [0.1, 0.15) is 38.2 Å². The molecule has 0 saturated carbocycles. The summed E-state index contributed by atoms with van der Waals surface area (Å²) in [6.45, 7) is 6.41. The molecule has 4 heteroatoms. The zero-order valence-electron chi connectivity index (χ0n) is 14.7. The topological polar surface area (TPSA) is 41.6 Å². The van der Waals surface area contributed by atoms with Gasteiger partial charge in [-0.3, -0.25) is 4.79 Å². The monoisotopic (exact) mass is 330 g/mol. The molecule has 2 aliphatic heterocycles. The standard InChI is InChI=1S/C20H30N2O2/c1-16-13-19(7-10-21-16)20(23)22(14-17-5-3-2-4-6-17)15-18-8-11-24-12-9-18/h2-6,16,18-19,21H,7-15H2,1H3/t16-,19-/m0/s1. The average molecular weight is 330 g/mol. The van der Waals surface area contributed by atoms with E-state index in [4.69, 9.17) is 4.74 Å². The first-order valence-electron chi connectivity index (χ1n) is 9.36. The molecule has 2 atom stereocenters. The maximum atomic E-state index is 13.2. The van der Waals surface area contributed by atoms with Crippen molar-refractivity contribution in [2.24, 2.45) is 11.8 Å². The van der Waals surface area contributed by atoms with Gasteiger partial charge in [0.15, 0.2) is 0 Å². The van der Waals surface area contributed by atoms with Crippen LogP contribution in [0.4, 0.5) is 0 Å². The van der Waals surface area contributed by atoms with Gasteiger partial charge in [-0.05, 0) is 50.6 Å². The largest absolute Gasteiger partial charge is 0.381 e. The first-order valence-corrected chi connectivity index (χ1v) is 9.36. The number of ether oxygens (including phenoxy) is 1. The number of rotatable bonds is 5. The lowest BCUT2D eigenvalue weighted by molar-refractivity contribution is -0.138. The zero-order valence-corrected chi connectivity index (χ0v) is 14.7. The van der Waals surface area contributed by atoms with Crippen molar-refractivity contribution in [3.8, 4) is 0 Å². The number of carbonyl (C=O) groups excluding carboxylic acids is 1. The lowest BCUT2D eigenvalue weighted by Gasteiger charge is -2.35. The number of piperidine rings is 1. The minimum atomic E-state index is 0.171. The van der Waals surface area contributed by atoms with Crippen LogP contribution in [-0.4, -0.2) is 43.2 Å². The van der Waals surface area contributed by atoms with Crippen molar-refractivity contribution in [1.82, 2.24) is 10.2 Å². The van der Waals surface area contributed by atoms with Crippen LogP contribution in [0.15, 0.2) is 30.3 Å². The number of amides is 1. The van der Waals surface area contributed by atoms with Gasteiger partial charge in [-0.15, -0.1) is 0 Å². The van der Waals surface area contributed by atoms with E-state index < -0.39 is 0 Å². The second-order valence-corrected chi connectivity index (χ2v) is 7.34. The Morgan fingerprint density at radius 1 is 1.21 bits per heavy atom. The molecule has 1 aromatic carbocycles. The van der Waals surface area contributed by atoms with Gasteiger partial charge in [-0.2, -0.15) is 0 Å². The molecule has 0 spiro atoms. The molecule has 0 radical (unpaired) electrons. The molecule has 132 valence electrons. The van der Waals surface area contributed by atoms with E-state index in [1.54, 1.807) is 0 Å². The molecule has 1 aromatic rings. The summed E-state index contributed by atoms with van der Waals surface area (Å²) in [5.74, 6) is 1.09. The van der Waals surface area contributed by atoms with E-state index in [1.807, 2.05) is 6.07 Å². The summed E-state index contributed by atoms with van der Waals surface area (Å²) < 4.78 is 5.48. The molecule has 1 N–H and O–H groups in total. The van der Waals surface area contributed by atoms with Crippen LogP contribution in [0.25, 0.3) is 0 Å². The van der Waals surface area contributed by atoms with E-state index in [0.717, 1.165) is 58.5 Å². The highest BCUT2D eigenvalue weighted by atomic mass is 16.5. The van der Waals surface area contributed by atoms with Gasteiger partial charge in [-0.25, -0.2) is 0 Å². The molecule has 4 nitrogen and oxygen atoms in total. The molecule has 0 bridgehead atoms. The Kier molecular flexibility index (Phi) is 6.27. The van der Waals surface area contributed by atoms with Gasteiger partial charge in [0, 0.05) is 38.3 Å². The van der Waals surface area contributed by atoms with E-state index in [9.17, 15) is 4.79 Å². The van der Waals surface area contributed by atoms with E-state index in [-0.39, 0.29) is 5.92 Å². The summed E-state index contributed by atoms with van der Waals surface area (Å²) in [4.78, 5) is 15.3.